The molecule has 0 saturated heterocycles. The quantitative estimate of drug-likeness (QED) is 0.872. The van der Waals surface area contributed by atoms with Crippen LogP contribution in [0.2, 0.25) is 0 Å². The minimum Gasteiger partial charge on any atom is -0.339 e. The maximum atomic E-state index is 14.3. The molecule has 1 atom stereocenters. The zero-order valence-electron chi connectivity index (χ0n) is 13.6. The van der Waals surface area contributed by atoms with Gasteiger partial charge in [0.2, 0.25) is 5.91 Å². The predicted octanol–water partition coefficient (Wildman–Crippen LogP) is 2.94. The van der Waals surface area contributed by atoms with E-state index in [-0.39, 0.29) is 17.1 Å². The monoisotopic (exact) mass is 313 g/mol. The lowest BCUT2D eigenvalue weighted by Crippen LogP contribution is -2.39. The molecule has 0 spiro atoms. The summed E-state index contributed by atoms with van der Waals surface area (Å²) in [6.07, 6.45) is 3.75. The van der Waals surface area contributed by atoms with Crippen LogP contribution in [0.5, 0.6) is 0 Å². The van der Waals surface area contributed by atoms with Crippen LogP contribution in [0.15, 0.2) is 42.9 Å². The van der Waals surface area contributed by atoms with E-state index in [0.717, 1.165) is 5.69 Å². The zero-order valence-corrected chi connectivity index (χ0v) is 13.6. The predicted molar refractivity (Wildman–Crippen MR) is 85.0 cm³/mol. The van der Waals surface area contributed by atoms with Gasteiger partial charge in [-0.3, -0.25) is 4.79 Å². The Hall–Kier alpha value is -2.30. The second-order valence-electron chi connectivity index (χ2n) is 6.81. The Labute approximate surface area is 135 Å². The van der Waals surface area contributed by atoms with Crippen molar-refractivity contribution in [2.45, 2.75) is 32.2 Å². The molecule has 1 aromatic heterocycles. The third-order valence-electron chi connectivity index (χ3n) is 4.83. The Morgan fingerprint density at radius 2 is 2.00 bits per heavy atom. The highest BCUT2D eigenvalue weighted by atomic mass is 19.1. The molecule has 23 heavy (non-hydrogen) atoms. The lowest BCUT2D eigenvalue weighted by molar-refractivity contribution is -0.134. The normalized spacial score (nSPS) is 21.7. The lowest BCUT2D eigenvalue weighted by atomic mass is 9.86. The van der Waals surface area contributed by atoms with E-state index in [0.29, 0.717) is 18.5 Å². The molecule has 1 aliphatic carbocycles. The largest absolute Gasteiger partial charge is 0.339 e. The number of carbonyl (C=O) groups excluding carboxylic acids is 1. The summed E-state index contributed by atoms with van der Waals surface area (Å²) in [4.78, 5) is 22.8. The summed E-state index contributed by atoms with van der Waals surface area (Å²) in [6.45, 7) is 4.40. The molecule has 3 rings (SSSR count). The summed E-state index contributed by atoms with van der Waals surface area (Å²) in [5.41, 5.74) is 0.203. The van der Waals surface area contributed by atoms with Gasteiger partial charge in [0.05, 0.1) is 17.7 Å². The van der Waals surface area contributed by atoms with E-state index in [1.54, 1.807) is 42.4 Å². The van der Waals surface area contributed by atoms with Crippen LogP contribution in [0.4, 0.5) is 4.39 Å². The molecular weight excluding hydrogens is 293 g/mol. The van der Waals surface area contributed by atoms with Crippen LogP contribution in [-0.4, -0.2) is 27.8 Å². The first kappa shape index (κ1) is 15.6. The third-order valence-corrected chi connectivity index (χ3v) is 4.83. The number of hydrogen-bond donors (Lipinski definition) is 0. The molecule has 1 amide bonds. The summed E-state index contributed by atoms with van der Waals surface area (Å²) in [7, 11) is 1.74. The van der Waals surface area contributed by atoms with E-state index in [1.807, 2.05) is 13.8 Å². The van der Waals surface area contributed by atoms with Crippen molar-refractivity contribution in [3.63, 3.8) is 0 Å². The lowest BCUT2D eigenvalue weighted by Gasteiger charge is -2.27. The first-order valence-electron chi connectivity index (χ1n) is 7.64. The van der Waals surface area contributed by atoms with E-state index in [2.05, 4.69) is 9.97 Å². The van der Waals surface area contributed by atoms with Gasteiger partial charge in [-0.1, -0.05) is 32.0 Å². The number of likely N-dealkylation sites (N-methyl/N-ethyl adjacent to an activating group) is 1. The second-order valence-corrected chi connectivity index (χ2v) is 6.81. The number of halogens is 1. The van der Waals surface area contributed by atoms with Gasteiger partial charge < -0.3 is 4.90 Å². The maximum absolute atomic E-state index is 14.3. The molecule has 0 aliphatic heterocycles. The van der Waals surface area contributed by atoms with Crippen LogP contribution < -0.4 is 0 Å². The van der Waals surface area contributed by atoms with Crippen LogP contribution in [0, 0.1) is 11.2 Å². The molecule has 5 heteroatoms. The van der Waals surface area contributed by atoms with Gasteiger partial charge >= 0.3 is 0 Å². The topological polar surface area (TPSA) is 46.1 Å². The van der Waals surface area contributed by atoms with Gasteiger partial charge in [0, 0.05) is 18.8 Å². The van der Waals surface area contributed by atoms with Crippen LogP contribution in [0.3, 0.4) is 0 Å². The highest BCUT2D eigenvalue weighted by Crippen LogP contribution is 2.65. The first-order chi connectivity index (χ1) is 10.9. The highest BCUT2D eigenvalue weighted by molar-refractivity contribution is 5.93. The molecule has 120 valence electrons. The molecule has 4 nitrogen and oxygen atoms in total. The van der Waals surface area contributed by atoms with Gasteiger partial charge in [0.15, 0.2) is 0 Å². The molecule has 0 N–H and O–H groups in total. The minimum atomic E-state index is -0.792. The van der Waals surface area contributed by atoms with E-state index in [1.165, 1.54) is 12.4 Å². The van der Waals surface area contributed by atoms with E-state index < -0.39 is 5.41 Å². The molecule has 0 bridgehead atoms. The average molecular weight is 313 g/mol. The van der Waals surface area contributed by atoms with E-state index in [9.17, 15) is 9.18 Å². The van der Waals surface area contributed by atoms with E-state index >= 15 is 0 Å². The summed E-state index contributed by atoms with van der Waals surface area (Å²) >= 11 is 0. The summed E-state index contributed by atoms with van der Waals surface area (Å²) < 4.78 is 14.3. The molecular formula is C18H20FN3O. The number of carbonyl (C=O) groups is 1. The van der Waals surface area contributed by atoms with Crippen LogP contribution in [0.25, 0.3) is 0 Å². The number of hydrogen-bond acceptors (Lipinski definition) is 3. The smallest absolute Gasteiger partial charge is 0.233 e. The summed E-state index contributed by atoms with van der Waals surface area (Å²) in [5.74, 6) is -0.381. The van der Waals surface area contributed by atoms with Crippen LogP contribution in [-0.2, 0) is 16.8 Å². The number of benzene rings is 1. The second kappa shape index (κ2) is 5.41. The fraction of sp³-hybridized carbons (Fsp3) is 0.389. The number of rotatable bonds is 4. The van der Waals surface area contributed by atoms with Crippen molar-refractivity contribution in [2.24, 2.45) is 5.41 Å². The van der Waals surface area contributed by atoms with Crippen molar-refractivity contribution in [1.29, 1.82) is 0 Å². The van der Waals surface area contributed by atoms with E-state index in [4.69, 9.17) is 0 Å². The highest BCUT2D eigenvalue weighted by Gasteiger charge is 2.68. The third kappa shape index (κ3) is 2.50. The Bertz CT molecular complexity index is 732. The Morgan fingerprint density at radius 1 is 1.30 bits per heavy atom. The van der Waals surface area contributed by atoms with Crippen molar-refractivity contribution in [1.82, 2.24) is 14.9 Å². The fourth-order valence-electron chi connectivity index (χ4n) is 3.42. The molecule has 1 heterocycles. The van der Waals surface area contributed by atoms with Crippen molar-refractivity contribution < 1.29 is 9.18 Å². The SMILES string of the molecule is CN(Cc1ccncn1)C(=O)C1(c2ccccc2F)CC1(C)C. The zero-order chi connectivity index (χ0) is 16.7. The number of aromatic nitrogens is 2. The van der Waals surface area contributed by atoms with Gasteiger partial charge in [-0.15, -0.1) is 0 Å². The van der Waals surface area contributed by atoms with Gasteiger partial charge in [0.25, 0.3) is 0 Å². The standard InChI is InChI=1S/C18H20FN3O/c1-17(2)11-18(17,14-6-4-5-7-15(14)19)16(23)22(3)10-13-8-9-20-12-21-13/h4-9,12H,10-11H2,1-3H3. The van der Waals surface area contributed by atoms with Crippen molar-refractivity contribution in [2.75, 3.05) is 7.05 Å². The molecule has 1 fully saturated rings. The van der Waals surface area contributed by atoms with Gasteiger partial charge in [-0.2, -0.15) is 0 Å². The van der Waals surface area contributed by atoms with Gasteiger partial charge in [-0.25, -0.2) is 14.4 Å². The molecule has 0 radical (unpaired) electrons. The van der Waals surface area contributed by atoms with Gasteiger partial charge in [-0.05, 0) is 24.0 Å². The van der Waals surface area contributed by atoms with Crippen molar-refractivity contribution in [3.05, 3.63) is 59.9 Å². The maximum Gasteiger partial charge on any atom is 0.233 e. The molecule has 1 unspecified atom stereocenters. The number of nitrogens with zero attached hydrogens (tertiary/aromatic N) is 3. The number of amides is 1. The molecule has 2 aromatic rings. The first-order valence-corrected chi connectivity index (χ1v) is 7.64. The van der Waals surface area contributed by atoms with Gasteiger partial charge in [0.1, 0.15) is 12.1 Å². The Balaban J connectivity index is 1.91. The fourth-order valence-corrected chi connectivity index (χ4v) is 3.42. The molecule has 1 aliphatic rings. The average Bonchev–Trinajstić information content (AvgIpc) is 3.11. The van der Waals surface area contributed by atoms with Crippen LogP contribution in [0.1, 0.15) is 31.5 Å². The van der Waals surface area contributed by atoms with Crippen molar-refractivity contribution >= 4 is 5.91 Å². The van der Waals surface area contributed by atoms with Crippen LogP contribution >= 0.6 is 0 Å². The Kier molecular flexibility index (Phi) is 3.66. The molecule has 1 saturated carbocycles. The minimum absolute atomic E-state index is 0.0637. The van der Waals surface area contributed by atoms with Crippen molar-refractivity contribution in [3.8, 4) is 0 Å². The Morgan fingerprint density at radius 3 is 2.57 bits per heavy atom. The molecule has 1 aromatic carbocycles. The summed E-state index contributed by atoms with van der Waals surface area (Å²) in [5, 5.41) is 0. The summed E-state index contributed by atoms with van der Waals surface area (Å²) in [6, 6.07) is 8.35.